The first kappa shape index (κ1) is 45.4. The van der Waals surface area contributed by atoms with E-state index in [1.807, 2.05) is 0 Å². The number of rotatable bonds is 16. The van der Waals surface area contributed by atoms with Gasteiger partial charge in [-0.1, -0.05) is 11.6 Å². The Morgan fingerprint density at radius 3 is 1.40 bits per heavy atom. The molecule has 31 heteroatoms. The number of hydrogen-bond acceptors (Lipinski definition) is 20. The monoisotopic (exact) mass is 936 g/mol. The van der Waals surface area contributed by atoms with E-state index in [-0.39, 0.29) is 21.7 Å². The fourth-order valence-electron chi connectivity index (χ4n) is 4.59. The lowest BCUT2D eigenvalue weighted by atomic mass is 10.0. The molecule has 0 saturated carbocycles. The third kappa shape index (κ3) is 11.6. The number of azo groups is 2. The van der Waals surface area contributed by atoms with Gasteiger partial charge in [0.25, 0.3) is 20.2 Å². The Balaban J connectivity index is 1.79. The summed E-state index contributed by atoms with van der Waals surface area (Å²) in [7, 11) is -28.7. The first-order chi connectivity index (χ1) is 26.0. The molecule has 0 spiro atoms. The minimum atomic E-state index is -5.25. The number of sulfone groups is 2. The van der Waals surface area contributed by atoms with E-state index < -0.39 is 133 Å². The van der Waals surface area contributed by atoms with Crippen molar-refractivity contribution in [2.45, 2.75) is 19.6 Å². The lowest BCUT2D eigenvalue weighted by molar-refractivity contribution is 0.282. The van der Waals surface area contributed by atoms with Crippen molar-refractivity contribution in [1.82, 2.24) is 0 Å². The standard InChI is InChI=1S/C26H25ClN6O18S6/c27-18-13-17(53(36,37)10-8-51-57(47,48)49)5-6-19(18)31-33-26-21(55(41,42)43)12-14-11-20(54(38,39)40)25(23(28)22(14)24(26)29)32-30-15-1-3-16(4-2-15)52(34,35)9-7-50-56(44,45)46/h1-6,11-13H,7-10,28-29H2,(H,38,39,40)(H,41,42,43)(H,44,45,46)(H,47,48,49). The molecule has 0 aliphatic heterocycles. The third-order valence-electron chi connectivity index (χ3n) is 7.10. The van der Waals surface area contributed by atoms with E-state index in [0.717, 1.165) is 42.5 Å². The van der Waals surface area contributed by atoms with Crippen LogP contribution < -0.4 is 11.5 Å². The number of nitrogen functional groups attached to an aromatic ring is 2. The van der Waals surface area contributed by atoms with Crippen LogP contribution in [0.2, 0.25) is 5.02 Å². The van der Waals surface area contributed by atoms with Gasteiger partial charge in [-0.3, -0.25) is 18.2 Å². The molecule has 310 valence electrons. The third-order valence-corrected chi connectivity index (χ3v) is 13.4. The quantitative estimate of drug-likeness (QED) is 0.0533. The molecule has 0 atom stereocenters. The molecular formula is C26H25ClN6O18S6. The lowest BCUT2D eigenvalue weighted by Gasteiger charge is -2.15. The van der Waals surface area contributed by atoms with Crippen LogP contribution in [0.4, 0.5) is 34.1 Å². The van der Waals surface area contributed by atoms with Crippen LogP contribution in [0.25, 0.3) is 10.8 Å². The molecule has 4 aromatic carbocycles. The second kappa shape index (κ2) is 16.5. The number of halogens is 1. The summed E-state index contributed by atoms with van der Waals surface area (Å²) in [5.41, 5.74) is 9.16. The molecule has 8 N–H and O–H groups in total. The summed E-state index contributed by atoms with van der Waals surface area (Å²) in [6, 6.07) is 8.37. The molecule has 0 aliphatic rings. The summed E-state index contributed by atoms with van der Waals surface area (Å²) in [6.07, 6.45) is 0. The molecule has 0 unspecified atom stereocenters. The van der Waals surface area contributed by atoms with Crippen molar-refractivity contribution in [2.24, 2.45) is 20.5 Å². The number of nitrogens with two attached hydrogens (primary N) is 2. The maximum Gasteiger partial charge on any atom is 0.397 e. The van der Waals surface area contributed by atoms with E-state index in [4.69, 9.17) is 32.2 Å². The zero-order valence-corrected chi connectivity index (χ0v) is 33.5. The molecule has 57 heavy (non-hydrogen) atoms. The topological polar surface area (TPSA) is 406 Å². The van der Waals surface area contributed by atoms with Crippen molar-refractivity contribution in [1.29, 1.82) is 0 Å². The van der Waals surface area contributed by atoms with E-state index in [1.165, 1.54) is 0 Å². The van der Waals surface area contributed by atoms with Gasteiger partial charge < -0.3 is 11.5 Å². The van der Waals surface area contributed by atoms with Gasteiger partial charge in [-0.25, -0.2) is 25.2 Å². The molecule has 0 amide bonds. The Bertz CT molecular complexity index is 3020. The fraction of sp³-hybridized carbons (Fsp3) is 0.154. The highest BCUT2D eigenvalue weighted by Crippen LogP contribution is 2.46. The van der Waals surface area contributed by atoms with Crippen LogP contribution in [0.15, 0.2) is 94.6 Å². The summed E-state index contributed by atoms with van der Waals surface area (Å²) in [4.78, 5) is -2.89. The molecule has 0 saturated heterocycles. The number of hydrogen-bond donors (Lipinski definition) is 6. The molecule has 0 aromatic heterocycles. The number of nitrogens with zero attached hydrogens (tertiary/aromatic N) is 4. The van der Waals surface area contributed by atoms with Crippen molar-refractivity contribution in [3.05, 3.63) is 59.6 Å². The van der Waals surface area contributed by atoms with E-state index in [1.54, 1.807) is 0 Å². The average Bonchev–Trinajstić information content (AvgIpc) is 3.05. The summed E-state index contributed by atoms with van der Waals surface area (Å²) in [5.74, 6) is -1.76. The van der Waals surface area contributed by atoms with Gasteiger partial charge in [0.15, 0.2) is 19.7 Å². The van der Waals surface area contributed by atoms with Crippen LogP contribution in [-0.2, 0) is 69.1 Å². The zero-order chi connectivity index (χ0) is 42.9. The van der Waals surface area contributed by atoms with Crippen molar-refractivity contribution in [3.8, 4) is 0 Å². The van der Waals surface area contributed by atoms with Gasteiger partial charge in [0, 0.05) is 5.39 Å². The Hall–Kier alpha value is -4.31. The minimum Gasteiger partial charge on any atom is -0.396 e. The lowest BCUT2D eigenvalue weighted by Crippen LogP contribution is -2.15. The van der Waals surface area contributed by atoms with Gasteiger partial charge in [0.2, 0.25) is 0 Å². The summed E-state index contributed by atoms with van der Waals surface area (Å²) < 4.78 is 188. The maximum absolute atomic E-state index is 12.6. The van der Waals surface area contributed by atoms with Gasteiger partial charge in [0.1, 0.15) is 26.9 Å². The van der Waals surface area contributed by atoms with Crippen molar-refractivity contribution in [3.63, 3.8) is 0 Å². The van der Waals surface area contributed by atoms with Gasteiger partial charge in [-0.2, -0.15) is 38.8 Å². The highest BCUT2D eigenvalue weighted by Gasteiger charge is 2.27. The normalized spacial score (nSPS) is 13.6. The fourth-order valence-corrected chi connectivity index (χ4v) is 9.22. The number of fused-ring (bicyclic) bond motifs is 1. The molecular weight excluding hydrogens is 912 g/mol. The van der Waals surface area contributed by atoms with E-state index in [0.29, 0.717) is 12.1 Å². The van der Waals surface area contributed by atoms with Crippen molar-refractivity contribution < 1.29 is 77.1 Å². The molecule has 0 aliphatic carbocycles. The van der Waals surface area contributed by atoms with E-state index in [2.05, 4.69) is 28.8 Å². The maximum atomic E-state index is 12.6. The largest absolute Gasteiger partial charge is 0.397 e. The molecule has 0 fully saturated rings. The van der Waals surface area contributed by atoms with Gasteiger partial charge in [0.05, 0.1) is 56.6 Å². The Kier molecular flexibility index (Phi) is 13.1. The van der Waals surface area contributed by atoms with Crippen LogP contribution in [0.3, 0.4) is 0 Å². The van der Waals surface area contributed by atoms with Crippen molar-refractivity contribution >= 4 is 117 Å². The molecule has 0 heterocycles. The van der Waals surface area contributed by atoms with Gasteiger partial charge in [-0.15, -0.1) is 15.3 Å². The SMILES string of the molecule is Nc1c(N=Nc2ccc(S(=O)(=O)CCOS(=O)(=O)O)cc2)c(S(=O)(=O)O)cc2cc(S(=O)(=O)O)c(N=Nc3ccc(S(=O)(=O)CCOS(=O)(=O)O)cc3Cl)c(N)c12. The Morgan fingerprint density at radius 2 is 0.982 bits per heavy atom. The number of anilines is 2. The highest BCUT2D eigenvalue weighted by atomic mass is 35.5. The predicted molar refractivity (Wildman–Crippen MR) is 198 cm³/mol. The van der Waals surface area contributed by atoms with Crippen molar-refractivity contribution in [2.75, 3.05) is 36.2 Å². The number of benzene rings is 4. The first-order valence-corrected chi connectivity index (χ1v) is 23.9. The smallest absolute Gasteiger partial charge is 0.396 e. The van der Waals surface area contributed by atoms with Crippen LogP contribution in [-0.4, -0.2) is 93.4 Å². The highest BCUT2D eigenvalue weighted by molar-refractivity contribution is 7.91. The summed E-state index contributed by atoms with van der Waals surface area (Å²) >= 11 is 6.16. The zero-order valence-electron chi connectivity index (χ0n) is 27.8. The summed E-state index contributed by atoms with van der Waals surface area (Å²) in [5, 5.41) is 13.9. The van der Waals surface area contributed by atoms with Crippen LogP contribution in [0.5, 0.6) is 0 Å². The molecule has 4 aromatic rings. The van der Waals surface area contributed by atoms with Gasteiger partial charge >= 0.3 is 20.8 Å². The van der Waals surface area contributed by atoms with E-state index >= 15 is 0 Å². The Labute approximate surface area is 328 Å². The second-order valence-corrected chi connectivity index (χ2v) is 20.6. The van der Waals surface area contributed by atoms with Crippen LogP contribution in [0, 0.1) is 0 Å². The predicted octanol–water partition coefficient (Wildman–Crippen LogP) is 3.17. The molecule has 4 rings (SSSR count). The minimum absolute atomic E-state index is 0.129. The van der Waals surface area contributed by atoms with E-state index in [9.17, 15) is 59.6 Å². The Morgan fingerprint density at radius 1 is 0.561 bits per heavy atom. The van der Waals surface area contributed by atoms with Gasteiger partial charge in [-0.05, 0) is 60.0 Å². The average molecular weight is 937 g/mol. The van der Waals surface area contributed by atoms with Crippen LogP contribution >= 0.6 is 11.6 Å². The van der Waals surface area contributed by atoms with Crippen LogP contribution in [0.1, 0.15) is 0 Å². The first-order valence-electron chi connectivity index (χ1n) is 14.6. The second-order valence-electron chi connectivity index (χ2n) is 11.0. The molecule has 24 nitrogen and oxygen atoms in total. The molecule has 0 radical (unpaired) electrons. The summed E-state index contributed by atoms with van der Waals surface area (Å²) in [6.45, 7) is -1.85. The molecule has 0 bridgehead atoms.